The van der Waals surface area contributed by atoms with Gasteiger partial charge in [-0.2, -0.15) is 0 Å². The number of carbonyl (C=O) groups is 2. The van der Waals surface area contributed by atoms with Crippen LogP contribution < -0.4 is 4.72 Å². The van der Waals surface area contributed by atoms with Gasteiger partial charge in [-0.3, -0.25) is 9.59 Å². The van der Waals surface area contributed by atoms with E-state index in [1.165, 1.54) is 0 Å². The molecule has 7 nitrogen and oxygen atoms in total. The lowest BCUT2D eigenvalue weighted by molar-refractivity contribution is -0.138. The lowest BCUT2D eigenvalue weighted by Crippen LogP contribution is -2.46. The van der Waals surface area contributed by atoms with E-state index in [2.05, 4.69) is 4.72 Å². The monoisotopic (exact) mass is 306 g/mol. The number of aliphatic carboxylic acids is 1. The molecule has 1 fully saturated rings. The third-order valence-electron chi connectivity index (χ3n) is 3.27. The van der Waals surface area contributed by atoms with Crippen LogP contribution in [0, 0.1) is 5.92 Å². The summed E-state index contributed by atoms with van der Waals surface area (Å²) in [5, 5.41) is 8.66. The molecule has 1 aliphatic rings. The van der Waals surface area contributed by atoms with Crippen molar-refractivity contribution in [1.29, 1.82) is 0 Å². The molecular weight excluding hydrogens is 284 g/mol. The first kappa shape index (κ1) is 16.9. The van der Waals surface area contributed by atoms with Crippen LogP contribution in [0.3, 0.4) is 0 Å². The second kappa shape index (κ2) is 7.03. The molecule has 0 aromatic heterocycles. The quantitative estimate of drug-likeness (QED) is 0.720. The van der Waals surface area contributed by atoms with E-state index in [1.807, 2.05) is 0 Å². The van der Waals surface area contributed by atoms with Crippen molar-refractivity contribution in [2.45, 2.75) is 38.6 Å². The van der Waals surface area contributed by atoms with Gasteiger partial charge in [0.05, 0.1) is 6.26 Å². The number of piperidine rings is 1. The highest BCUT2D eigenvalue weighted by atomic mass is 32.2. The van der Waals surface area contributed by atoms with E-state index < -0.39 is 16.0 Å². The Kier molecular flexibility index (Phi) is 5.94. The van der Waals surface area contributed by atoms with Crippen molar-refractivity contribution in [1.82, 2.24) is 9.62 Å². The summed E-state index contributed by atoms with van der Waals surface area (Å²) >= 11 is 0. The fourth-order valence-electron chi connectivity index (χ4n) is 2.35. The topological polar surface area (TPSA) is 104 Å². The summed E-state index contributed by atoms with van der Waals surface area (Å²) in [6, 6.07) is -0.120. The largest absolute Gasteiger partial charge is 0.481 e. The summed E-state index contributed by atoms with van der Waals surface area (Å²) in [4.78, 5) is 24.2. The molecule has 0 radical (unpaired) electrons. The standard InChI is InChI=1S/C12H22N2O5S/c1-9(8-12(16)17)7-11(15)14-5-3-10(4-6-14)13-20(2,18)19/h9-10,13H,3-8H2,1-2H3,(H,16,17). The van der Waals surface area contributed by atoms with Crippen LogP contribution in [0.15, 0.2) is 0 Å². The molecule has 1 aliphatic heterocycles. The predicted octanol–water partition coefficient (Wildman–Crippen LogP) is 0.0275. The number of likely N-dealkylation sites (tertiary alicyclic amines) is 1. The Morgan fingerprint density at radius 1 is 1.30 bits per heavy atom. The van der Waals surface area contributed by atoms with Crippen molar-refractivity contribution in [2.24, 2.45) is 5.92 Å². The minimum absolute atomic E-state index is 0.0160. The van der Waals surface area contributed by atoms with Gasteiger partial charge in [-0.25, -0.2) is 13.1 Å². The molecule has 1 atom stereocenters. The van der Waals surface area contributed by atoms with E-state index in [1.54, 1.807) is 11.8 Å². The third-order valence-corrected chi connectivity index (χ3v) is 4.04. The molecule has 1 unspecified atom stereocenters. The first-order chi connectivity index (χ1) is 9.17. The maximum absolute atomic E-state index is 12.0. The summed E-state index contributed by atoms with van der Waals surface area (Å²) in [6.07, 6.45) is 2.50. The van der Waals surface area contributed by atoms with Gasteiger partial charge in [0.2, 0.25) is 15.9 Å². The van der Waals surface area contributed by atoms with Crippen molar-refractivity contribution in [3.05, 3.63) is 0 Å². The number of hydrogen-bond acceptors (Lipinski definition) is 4. The normalized spacial score (nSPS) is 18.8. The van der Waals surface area contributed by atoms with E-state index in [9.17, 15) is 18.0 Å². The zero-order chi connectivity index (χ0) is 15.3. The number of carboxylic acids is 1. The summed E-state index contributed by atoms with van der Waals surface area (Å²) in [5.74, 6) is -1.15. The molecule has 1 rings (SSSR count). The smallest absolute Gasteiger partial charge is 0.303 e. The van der Waals surface area contributed by atoms with Crippen LogP contribution in [0.2, 0.25) is 0 Å². The Morgan fingerprint density at radius 3 is 2.30 bits per heavy atom. The zero-order valence-electron chi connectivity index (χ0n) is 11.8. The van der Waals surface area contributed by atoms with Crippen molar-refractivity contribution >= 4 is 21.9 Å². The summed E-state index contributed by atoms with van der Waals surface area (Å²) in [5.41, 5.74) is 0. The Balaban J connectivity index is 2.37. The van der Waals surface area contributed by atoms with Gasteiger partial charge in [0.25, 0.3) is 0 Å². The van der Waals surface area contributed by atoms with E-state index >= 15 is 0 Å². The van der Waals surface area contributed by atoms with Crippen LogP contribution in [0.5, 0.6) is 0 Å². The number of nitrogens with zero attached hydrogens (tertiary/aromatic N) is 1. The van der Waals surface area contributed by atoms with E-state index in [0.717, 1.165) is 6.26 Å². The van der Waals surface area contributed by atoms with Crippen molar-refractivity contribution < 1.29 is 23.1 Å². The van der Waals surface area contributed by atoms with Gasteiger partial charge in [-0.15, -0.1) is 0 Å². The molecule has 0 aromatic carbocycles. The zero-order valence-corrected chi connectivity index (χ0v) is 12.6. The molecule has 0 spiro atoms. The molecule has 1 amide bonds. The number of rotatable bonds is 6. The average molecular weight is 306 g/mol. The minimum Gasteiger partial charge on any atom is -0.481 e. The van der Waals surface area contributed by atoms with Crippen molar-refractivity contribution in [3.63, 3.8) is 0 Å². The first-order valence-corrected chi connectivity index (χ1v) is 8.53. The van der Waals surface area contributed by atoms with Crippen molar-refractivity contribution in [2.75, 3.05) is 19.3 Å². The predicted molar refractivity (Wildman–Crippen MR) is 73.6 cm³/mol. The van der Waals surface area contributed by atoms with E-state index in [0.29, 0.717) is 25.9 Å². The highest BCUT2D eigenvalue weighted by molar-refractivity contribution is 7.88. The Labute approximate surface area is 119 Å². The van der Waals surface area contributed by atoms with E-state index in [4.69, 9.17) is 5.11 Å². The van der Waals surface area contributed by atoms with Gasteiger partial charge in [0, 0.05) is 32.0 Å². The molecular formula is C12H22N2O5S. The van der Waals surface area contributed by atoms with E-state index in [-0.39, 0.29) is 30.7 Å². The highest BCUT2D eigenvalue weighted by Gasteiger charge is 2.25. The van der Waals surface area contributed by atoms with Gasteiger partial charge in [-0.05, 0) is 18.8 Å². The molecule has 116 valence electrons. The summed E-state index contributed by atoms with van der Waals surface area (Å²) in [6.45, 7) is 2.75. The minimum atomic E-state index is -3.21. The van der Waals surface area contributed by atoms with Crippen LogP contribution in [-0.2, 0) is 19.6 Å². The van der Waals surface area contributed by atoms with Crippen LogP contribution in [0.25, 0.3) is 0 Å². The fourth-order valence-corrected chi connectivity index (χ4v) is 3.19. The second-order valence-corrected chi connectivity index (χ2v) is 7.23. The lowest BCUT2D eigenvalue weighted by atomic mass is 10.0. The number of carboxylic acid groups (broad SMARTS) is 1. The molecule has 8 heteroatoms. The van der Waals surface area contributed by atoms with Crippen molar-refractivity contribution in [3.8, 4) is 0 Å². The molecule has 0 aliphatic carbocycles. The highest BCUT2D eigenvalue weighted by Crippen LogP contribution is 2.15. The molecule has 1 saturated heterocycles. The lowest BCUT2D eigenvalue weighted by Gasteiger charge is -2.32. The first-order valence-electron chi connectivity index (χ1n) is 6.64. The molecule has 0 aromatic rings. The van der Waals surface area contributed by atoms with Gasteiger partial charge >= 0.3 is 5.97 Å². The average Bonchev–Trinajstić information content (AvgIpc) is 2.26. The molecule has 2 N–H and O–H groups in total. The van der Waals surface area contributed by atoms with Crippen LogP contribution in [0.1, 0.15) is 32.6 Å². The fraction of sp³-hybridized carbons (Fsp3) is 0.833. The maximum Gasteiger partial charge on any atom is 0.303 e. The number of nitrogens with one attached hydrogen (secondary N) is 1. The summed E-state index contributed by atoms with van der Waals surface area (Å²) < 4.78 is 24.8. The summed E-state index contributed by atoms with van der Waals surface area (Å²) in [7, 11) is -3.21. The van der Waals surface area contributed by atoms with Gasteiger partial charge < -0.3 is 10.0 Å². The van der Waals surface area contributed by atoms with Crippen LogP contribution >= 0.6 is 0 Å². The molecule has 20 heavy (non-hydrogen) atoms. The van der Waals surface area contributed by atoms with Crippen LogP contribution in [-0.4, -0.2) is 55.7 Å². The number of carbonyl (C=O) groups excluding carboxylic acids is 1. The number of hydrogen-bond donors (Lipinski definition) is 2. The Hall–Kier alpha value is -1.15. The Morgan fingerprint density at radius 2 is 1.85 bits per heavy atom. The second-order valence-electron chi connectivity index (χ2n) is 5.45. The SMILES string of the molecule is CC(CC(=O)O)CC(=O)N1CCC(NS(C)(=O)=O)CC1. The third kappa shape index (κ3) is 6.33. The molecule has 0 bridgehead atoms. The maximum atomic E-state index is 12.0. The number of sulfonamides is 1. The molecule has 1 heterocycles. The molecule has 0 saturated carbocycles. The van der Waals surface area contributed by atoms with Gasteiger partial charge in [0.15, 0.2) is 0 Å². The van der Waals surface area contributed by atoms with Gasteiger partial charge in [0.1, 0.15) is 0 Å². The number of amides is 1. The van der Waals surface area contributed by atoms with Crippen LogP contribution in [0.4, 0.5) is 0 Å². The Bertz CT molecular complexity index is 454. The van der Waals surface area contributed by atoms with Gasteiger partial charge in [-0.1, -0.05) is 6.92 Å².